The maximum absolute atomic E-state index is 11.8. The molecule has 2 aromatic heterocycles. The van der Waals surface area contributed by atoms with Gasteiger partial charge in [-0.3, -0.25) is 14.3 Å². The summed E-state index contributed by atoms with van der Waals surface area (Å²) in [7, 11) is 0. The number of halogens is 1. The summed E-state index contributed by atoms with van der Waals surface area (Å²) in [5, 5.41) is 18.9. The molecule has 9 nitrogen and oxygen atoms in total. The van der Waals surface area contributed by atoms with Gasteiger partial charge in [-0.1, -0.05) is 0 Å². The van der Waals surface area contributed by atoms with Gasteiger partial charge in [0.1, 0.15) is 12.3 Å². The second kappa shape index (κ2) is 4.81. The van der Waals surface area contributed by atoms with Crippen LogP contribution in [0.3, 0.4) is 0 Å². The number of nitrogens with one attached hydrogen (secondary N) is 1. The quantitative estimate of drug-likeness (QED) is 0.517. The van der Waals surface area contributed by atoms with Crippen LogP contribution in [0.15, 0.2) is 9.53 Å². The van der Waals surface area contributed by atoms with Gasteiger partial charge in [-0.05, 0) is 15.9 Å². The number of nitrogens with zero attached hydrogens (tertiary/aromatic N) is 3. The number of anilines is 1. The third kappa shape index (κ3) is 2.00. The smallest absolute Gasteiger partial charge is 0.280 e. The third-order valence-corrected chi connectivity index (χ3v) is 3.76. The summed E-state index contributed by atoms with van der Waals surface area (Å²) in [6, 6.07) is 0. The van der Waals surface area contributed by atoms with Crippen LogP contribution in [0.1, 0.15) is 12.6 Å². The predicted molar refractivity (Wildman–Crippen MR) is 71.9 cm³/mol. The maximum atomic E-state index is 11.8. The summed E-state index contributed by atoms with van der Waals surface area (Å²) >= 11 is 3.23. The van der Waals surface area contributed by atoms with E-state index in [1.807, 2.05) is 0 Å². The Labute approximate surface area is 120 Å². The Balaban J connectivity index is 2.13. The van der Waals surface area contributed by atoms with Gasteiger partial charge in [0.25, 0.3) is 5.56 Å². The normalized spacial score (nSPS) is 26.4. The Morgan fingerprint density at radius 3 is 2.95 bits per heavy atom. The number of hydrogen-bond donors (Lipinski definition) is 4. The molecule has 3 rings (SSSR count). The fourth-order valence-corrected chi connectivity index (χ4v) is 2.84. The molecule has 20 heavy (non-hydrogen) atoms. The van der Waals surface area contributed by atoms with E-state index in [0.29, 0.717) is 4.73 Å². The summed E-state index contributed by atoms with van der Waals surface area (Å²) in [5.41, 5.74) is 5.45. The molecule has 2 aromatic rings. The number of H-pyrrole nitrogens is 1. The van der Waals surface area contributed by atoms with E-state index in [1.165, 1.54) is 4.57 Å². The number of ether oxygens (including phenoxy) is 1. The molecule has 0 amide bonds. The lowest BCUT2D eigenvalue weighted by Gasteiger charge is -2.14. The average molecular weight is 346 g/mol. The van der Waals surface area contributed by atoms with Gasteiger partial charge < -0.3 is 20.7 Å². The molecule has 3 heterocycles. The van der Waals surface area contributed by atoms with Crippen LogP contribution in [0.5, 0.6) is 0 Å². The van der Waals surface area contributed by atoms with Crippen molar-refractivity contribution >= 4 is 33.0 Å². The van der Waals surface area contributed by atoms with Crippen LogP contribution in [-0.2, 0) is 4.74 Å². The first kappa shape index (κ1) is 13.5. The minimum atomic E-state index is -0.798. The standard InChI is InChI=1S/C10H12BrN5O4/c11-9-13-6-7(14-10(12)15-8(6)19)16(9)5-1-3(18)4(2-17)20-5/h3-5,17-18H,1-2H2,(H3,12,14,15,19)/t3-,4+,5-/m0/s1. The largest absolute Gasteiger partial charge is 0.394 e. The lowest BCUT2D eigenvalue weighted by molar-refractivity contribution is -0.0439. The zero-order chi connectivity index (χ0) is 14.4. The van der Waals surface area contributed by atoms with E-state index in [0.717, 1.165) is 0 Å². The monoisotopic (exact) mass is 345 g/mol. The van der Waals surface area contributed by atoms with E-state index < -0.39 is 24.0 Å². The summed E-state index contributed by atoms with van der Waals surface area (Å²) in [4.78, 5) is 22.2. The number of rotatable bonds is 2. The van der Waals surface area contributed by atoms with Crippen molar-refractivity contribution in [3.05, 3.63) is 15.1 Å². The molecule has 0 spiro atoms. The van der Waals surface area contributed by atoms with Gasteiger partial charge in [0, 0.05) is 6.42 Å². The predicted octanol–water partition coefficient (Wildman–Crippen LogP) is -0.895. The number of nitrogens with two attached hydrogens (primary N) is 1. The Morgan fingerprint density at radius 1 is 1.55 bits per heavy atom. The van der Waals surface area contributed by atoms with Gasteiger partial charge in [0.2, 0.25) is 5.95 Å². The second-order valence-electron chi connectivity index (χ2n) is 4.49. The molecule has 0 saturated carbocycles. The lowest BCUT2D eigenvalue weighted by atomic mass is 10.2. The molecular weight excluding hydrogens is 334 g/mol. The van der Waals surface area contributed by atoms with E-state index >= 15 is 0 Å². The molecule has 0 aromatic carbocycles. The molecule has 1 aliphatic heterocycles. The van der Waals surface area contributed by atoms with Crippen LogP contribution in [0.2, 0.25) is 0 Å². The number of fused-ring (bicyclic) bond motifs is 1. The summed E-state index contributed by atoms with van der Waals surface area (Å²) in [6.45, 7) is -0.294. The highest BCUT2D eigenvalue weighted by Gasteiger charge is 2.36. The fraction of sp³-hybridized carbons (Fsp3) is 0.500. The number of nitrogen functional groups attached to an aromatic ring is 1. The lowest BCUT2D eigenvalue weighted by Crippen LogP contribution is -2.24. The molecule has 1 fully saturated rings. The third-order valence-electron chi connectivity index (χ3n) is 3.20. The highest BCUT2D eigenvalue weighted by atomic mass is 79.9. The zero-order valence-electron chi connectivity index (χ0n) is 10.2. The maximum Gasteiger partial charge on any atom is 0.280 e. The zero-order valence-corrected chi connectivity index (χ0v) is 11.7. The van der Waals surface area contributed by atoms with Crippen molar-refractivity contribution in [2.24, 2.45) is 0 Å². The topological polar surface area (TPSA) is 139 Å². The number of aliphatic hydroxyl groups is 2. The van der Waals surface area contributed by atoms with Gasteiger partial charge >= 0.3 is 0 Å². The van der Waals surface area contributed by atoms with Gasteiger partial charge in [-0.15, -0.1) is 0 Å². The summed E-state index contributed by atoms with van der Waals surface area (Å²) < 4.78 is 7.40. The van der Waals surface area contributed by atoms with E-state index in [4.69, 9.17) is 15.6 Å². The van der Waals surface area contributed by atoms with Crippen LogP contribution in [-0.4, -0.2) is 48.5 Å². The van der Waals surface area contributed by atoms with Crippen molar-refractivity contribution in [2.45, 2.75) is 24.9 Å². The van der Waals surface area contributed by atoms with Crippen molar-refractivity contribution in [3.63, 3.8) is 0 Å². The van der Waals surface area contributed by atoms with Crippen LogP contribution < -0.4 is 11.3 Å². The van der Waals surface area contributed by atoms with E-state index in [2.05, 4.69) is 30.9 Å². The van der Waals surface area contributed by atoms with E-state index in [-0.39, 0.29) is 30.1 Å². The number of aliphatic hydroxyl groups excluding tert-OH is 2. The van der Waals surface area contributed by atoms with Crippen molar-refractivity contribution in [1.82, 2.24) is 19.5 Å². The average Bonchev–Trinajstić information content (AvgIpc) is 2.89. The minimum absolute atomic E-state index is 0.0339. The van der Waals surface area contributed by atoms with E-state index in [9.17, 15) is 9.90 Å². The molecule has 1 aliphatic rings. The number of aromatic nitrogens is 4. The van der Waals surface area contributed by atoms with Crippen molar-refractivity contribution in [1.29, 1.82) is 0 Å². The van der Waals surface area contributed by atoms with Crippen molar-refractivity contribution in [3.8, 4) is 0 Å². The van der Waals surface area contributed by atoms with Gasteiger partial charge in [-0.2, -0.15) is 4.98 Å². The molecule has 0 bridgehead atoms. The molecule has 5 N–H and O–H groups in total. The molecule has 10 heteroatoms. The first-order valence-corrected chi connectivity index (χ1v) is 6.68. The Hall–Kier alpha value is -1.49. The molecule has 1 saturated heterocycles. The SMILES string of the molecule is Nc1nc2c(nc(Br)n2[C@@H]2C[C@H](O)[C@@H](CO)O2)c(=O)[nH]1. The molecule has 3 atom stereocenters. The van der Waals surface area contributed by atoms with Crippen LogP contribution >= 0.6 is 15.9 Å². The van der Waals surface area contributed by atoms with E-state index in [1.54, 1.807) is 0 Å². The van der Waals surface area contributed by atoms with Crippen LogP contribution in [0, 0.1) is 0 Å². The number of aromatic amines is 1. The molecular formula is C10H12BrN5O4. The highest BCUT2D eigenvalue weighted by Crippen LogP contribution is 2.33. The van der Waals surface area contributed by atoms with Gasteiger partial charge in [-0.25, -0.2) is 4.98 Å². The van der Waals surface area contributed by atoms with Gasteiger partial charge in [0.05, 0.1) is 12.7 Å². The summed E-state index contributed by atoms with van der Waals surface area (Å²) in [5.74, 6) is -0.0339. The molecule has 0 radical (unpaired) electrons. The second-order valence-corrected chi connectivity index (χ2v) is 5.20. The first-order chi connectivity index (χ1) is 9.51. The van der Waals surface area contributed by atoms with Crippen molar-refractivity contribution in [2.75, 3.05) is 12.3 Å². The number of hydrogen-bond acceptors (Lipinski definition) is 7. The Bertz CT molecular complexity index is 713. The van der Waals surface area contributed by atoms with Crippen LogP contribution in [0.25, 0.3) is 11.2 Å². The number of imidazole rings is 1. The first-order valence-electron chi connectivity index (χ1n) is 5.89. The molecule has 0 unspecified atom stereocenters. The molecule has 0 aliphatic carbocycles. The Morgan fingerprint density at radius 2 is 2.30 bits per heavy atom. The fourth-order valence-electron chi connectivity index (χ4n) is 2.27. The van der Waals surface area contributed by atoms with Crippen LogP contribution in [0.4, 0.5) is 5.95 Å². The van der Waals surface area contributed by atoms with Gasteiger partial charge in [0.15, 0.2) is 15.9 Å². The highest BCUT2D eigenvalue weighted by molar-refractivity contribution is 9.10. The van der Waals surface area contributed by atoms with Crippen molar-refractivity contribution < 1.29 is 14.9 Å². The minimum Gasteiger partial charge on any atom is -0.394 e. The summed E-state index contributed by atoms with van der Waals surface area (Å²) in [6.07, 6.45) is -1.81. The Kier molecular flexibility index (Phi) is 3.24. The molecule has 108 valence electrons.